The van der Waals surface area contributed by atoms with E-state index in [1.807, 2.05) is 0 Å². The second-order valence-electron chi connectivity index (χ2n) is 5.26. The maximum atomic E-state index is 6.06. The average Bonchev–Trinajstić information content (AvgIpc) is 2.37. The molecule has 2 saturated heterocycles. The molecule has 0 aromatic carbocycles. The van der Waals surface area contributed by atoms with E-state index in [4.69, 9.17) is 21.1 Å². The molecule has 2 aliphatic heterocycles. The molecule has 2 fully saturated rings. The summed E-state index contributed by atoms with van der Waals surface area (Å²) in [5.41, 5.74) is 1.61. The van der Waals surface area contributed by atoms with E-state index in [1.165, 1.54) is 12.0 Å². The predicted octanol–water partition coefficient (Wildman–Crippen LogP) is 3.54. The first-order valence-electron chi connectivity index (χ1n) is 6.70. The Labute approximate surface area is 109 Å². The predicted molar refractivity (Wildman–Crippen MR) is 70.6 cm³/mol. The van der Waals surface area contributed by atoms with Crippen molar-refractivity contribution in [3.63, 3.8) is 0 Å². The van der Waals surface area contributed by atoms with Crippen LogP contribution in [0.25, 0.3) is 0 Å². The maximum absolute atomic E-state index is 6.06. The van der Waals surface area contributed by atoms with Gasteiger partial charge in [-0.05, 0) is 44.9 Å². The first-order valence-corrected chi connectivity index (χ1v) is 7.23. The van der Waals surface area contributed by atoms with E-state index in [0.717, 1.165) is 51.4 Å². The Morgan fingerprint density at radius 2 is 2.12 bits per heavy atom. The third kappa shape index (κ3) is 3.46. The van der Waals surface area contributed by atoms with E-state index in [2.05, 4.69) is 13.0 Å². The molecule has 2 heterocycles. The molecule has 3 heteroatoms. The molecule has 1 spiro atoms. The van der Waals surface area contributed by atoms with Crippen LogP contribution in [0.2, 0.25) is 0 Å². The van der Waals surface area contributed by atoms with Crippen LogP contribution in [0.15, 0.2) is 11.6 Å². The van der Waals surface area contributed by atoms with Crippen molar-refractivity contribution < 1.29 is 9.47 Å². The van der Waals surface area contributed by atoms with Crippen molar-refractivity contribution in [2.24, 2.45) is 5.92 Å². The van der Waals surface area contributed by atoms with E-state index >= 15 is 0 Å². The molecule has 0 aromatic rings. The van der Waals surface area contributed by atoms with Crippen molar-refractivity contribution in [3.05, 3.63) is 11.6 Å². The Balaban J connectivity index is 1.96. The SMILES string of the molecule is CC(=CCCCl)C1CCOC2(CCOCC2)C1. The van der Waals surface area contributed by atoms with Gasteiger partial charge in [0, 0.05) is 25.7 Å². The van der Waals surface area contributed by atoms with Crippen molar-refractivity contribution in [2.75, 3.05) is 25.7 Å². The maximum Gasteiger partial charge on any atom is 0.0732 e. The first-order chi connectivity index (χ1) is 8.26. The largest absolute Gasteiger partial charge is 0.381 e. The molecule has 0 amide bonds. The van der Waals surface area contributed by atoms with Crippen LogP contribution in [0.5, 0.6) is 0 Å². The average molecular weight is 259 g/mol. The van der Waals surface area contributed by atoms with Crippen LogP contribution in [-0.4, -0.2) is 31.3 Å². The highest BCUT2D eigenvalue weighted by atomic mass is 35.5. The lowest BCUT2D eigenvalue weighted by Gasteiger charge is -2.43. The van der Waals surface area contributed by atoms with Gasteiger partial charge >= 0.3 is 0 Å². The molecule has 17 heavy (non-hydrogen) atoms. The van der Waals surface area contributed by atoms with Crippen molar-refractivity contribution in [1.82, 2.24) is 0 Å². The van der Waals surface area contributed by atoms with Gasteiger partial charge in [-0.25, -0.2) is 0 Å². The van der Waals surface area contributed by atoms with E-state index in [1.54, 1.807) is 0 Å². The fraction of sp³-hybridized carbons (Fsp3) is 0.857. The summed E-state index contributed by atoms with van der Waals surface area (Å²) in [6.45, 7) is 4.86. The van der Waals surface area contributed by atoms with Gasteiger partial charge in [0.25, 0.3) is 0 Å². The molecular weight excluding hydrogens is 236 g/mol. The molecule has 0 bridgehead atoms. The smallest absolute Gasteiger partial charge is 0.0732 e. The third-order valence-corrected chi connectivity index (χ3v) is 4.33. The van der Waals surface area contributed by atoms with Gasteiger partial charge in [0.1, 0.15) is 0 Å². The number of rotatable bonds is 3. The number of allylic oxidation sites excluding steroid dienone is 2. The molecule has 98 valence electrons. The fourth-order valence-corrected chi connectivity index (χ4v) is 3.07. The number of halogens is 1. The second kappa shape index (κ2) is 6.21. The van der Waals surface area contributed by atoms with Crippen LogP contribution < -0.4 is 0 Å². The summed E-state index contributed by atoms with van der Waals surface area (Å²) >= 11 is 5.74. The molecule has 1 unspecified atom stereocenters. The van der Waals surface area contributed by atoms with Crippen LogP contribution in [0.1, 0.15) is 39.0 Å². The number of hydrogen-bond donors (Lipinski definition) is 0. The van der Waals surface area contributed by atoms with E-state index in [-0.39, 0.29) is 5.60 Å². The summed E-state index contributed by atoms with van der Waals surface area (Å²) in [7, 11) is 0. The highest BCUT2D eigenvalue weighted by Crippen LogP contribution is 2.39. The fourth-order valence-electron chi connectivity index (χ4n) is 2.96. The molecule has 2 aliphatic rings. The Morgan fingerprint density at radius 1 is 1.35 bits per heavy atom. The molecule has 1 atom stereocenters. The second-order valence-corrected chi connectivity index (χ2v) is 5.64. The summed E-state index contributed by atoms with van der Waals surface area (Å²) in [6, 6.07) is 0. The first kappa shape index (κ1) is 13.4. The summed E-state index contributed by atoms with van der Waals surface area (Å²) in [6.07, 6.45) is 7.74. The molecular formula is C14H23ClO2. The Morgan fingerprint density at radius 3 is 2.82 bits per heavy atom. The van der Waals surface area contributed by atoms with Crippen LogP contribution in [0.4, 0.5) is 0 Å². The Hall–Kier alpha value is -0.0500. The molecule has 0 saturated carbocycles. The number of alkyl halides is 1. The van der Waals surface area contributed by atoms with Crippen molar-refractivity contribution >= 4 is 11.6 Å². The zero-order valence-corrected chi connectivity index (χ0v) is 11.5. The normalized spacial score (nSPS) is 29.5. The van der Waals surface area contributed by atoms with E-state index in [9.17, 15) is 0 Å². The van der Waals surface area contributed by atoms with Gasteiger partial charge in [-0.1, -0.05) is 11.6 Å². The van der Waals surface area contributed by atoms with Crippen LogP contribution in [0, 0.1) is 5.92 Å². The minimum absolute atomic E-state index is 0.108. The summed E-state index contributed by atoms with van der Waals surface area (Å²) in [5.74, 6) is 1.41. The van der Waals surface area contributed by atoms with Gasteiger partial charge in [-0.15, -0.1) is 11.6 Å². The lowest BCUT2D eigenvalue weighted by molar-refractivity contribution is -0.143. The molecule has 0 radical (unpaired) electrons. The van der Waals surface area contributed by atoms with E-state index < -0.39 is 0 Å². The molecule has 2 rings (SSSR count). The molecule has 0 aromatic heterocycles. The van der Waals surface area contributed by atoms with Gasteiger partial charge in [0.2, 0.25) is 0 Å². The third-order valence-electron chi connectivity index (χ3n) is 4.12. The lowest BCUT2D eigenvalue weighted by atomic mass is 9.78. The van der Waals surface area contributed by atoms with Gasteiger partial charge in [-0.2, -0.15) is 0 Å². The summed E-state index contributed by atoms with van der Waals surface area (Å²) < 4.78 is 11.5. The summed E-state index contributed by atoms with van der Waals surface area (Å²) in [5, 5.41) is 0. The van der Waals surface area contributed by atoms with Gasteiger partial charge in [0.15, 0.2) is 0 Å². The van der Waals surface area contributed by atoms with Crippen LogP contribution >= 0.6 is 11.6 Å². The number of hydrogen-bond acceptors (Lipinski definition) is 2. The van der Waals surface area contributed by atoms with Crippen molar-refractivity contribution in [1.29, 1.82) is 0 Å². The standard InChI is InChI=1S/C14H23ClO2/c1-12(3-2-7-15)13-4-8-17-14(11-13)5-9-16-10-6-14/h3,13H,2,4-11H2,1H3. The molecule has 2 nitrogen and oxygen atoms in total. The zero-order valence-electron chi connectivity index (χ0n) is 10.7. The van der Waals surface area contributed by atoms with Crippen molar-refractivity contribution in [3.8, 4) is 0 Å². The highest BCUT2D eigenvalue weighted by molar-refractivity contribution is 6.17. The highest BCUT2D eigenvalue weighted by Gasteiger charge is 2.39. The minimum atomic E-state index is 0.108. The Kier molecular flexibility index (Phi) is 4.89. The van der Waals surface area contributed by atoms with Crippen LogP contribution in [-0.2, 0) is 9.47 Å². The zero-order chi connectivity index (χ0) is 12.1. The lowest BCUT2D eigenvalue weighted by Crippen LogP contribution is -2.44. The monoisotopic (exact) mass is 258 g/mol. The quantitative estimate of drug-likeness (QED) is 0.570. The topological polar surface area (TPSA) is 18.5 Å². The summed E-state index contributed by atoms with van der Waals surface area (Å²) in [4.78, 5) is 0. The minimum Gasteiger partial charge on any atom is -0.381 e. The van der Waals surface area contributed by atoms with Crippen LogP contribution in [0.3, 0.4) is 0 Å². The van der Waals surface area contributed by atoms with Gasteiger partial charge < -0.3 is 9.47 Å². The van der Waals surface area contributed by atoms with Gasteiger partial charge in [0.05, 0.1) is 5.60 Å². The number of ether oxygens (including phenoxy) is 2. The molecule has 0 N–H and O–H groups in total. The Bertz CT molecular complexity index is 264. The molecule has 0 aliphatic carbocycles. The van der Waals surface area contributed by atoms with E-state index in [0.29, 0.717) is 5.92 Å². The van der Waals surface area contributed by atoms with Crippen molar-refractivity contribution in [2.45, 2.75) is 44.6 Å². The van der Waals surface area contributed by atoms with Gasteiger partial charge in [-0.3, -0.25) is 0 Å².